The lowest BCUT2D eigenvalue weighted by atomic mass is 9.59. The van der Waals surface area contributed by atoms with Crippen LogP contribution in [0, 0.1) is 17.8 Å². The Balaban J connectivity index is 1.72. The molecule has 1 heterocycles. The largest absolute Gasteiger partial charge is 0.507 e. The van der Waals surface area contributed by atoms with Crippen molar-refractivity contribution < 1.29 is 24.3 Å². The summed E-state index contributed by atoms with van der Waals surface area (Å²) in [6.07, 6.45) is 6.13. The van der Waals surface area contributed by atoms with E-state index in [2.05, 4.69) is 6.58 Å². The van der Waals surface area contributed by atoms with E-state index >= 15 is 0 Å². The van der Waals surface area contributed by atoms with Gasteiger partial charge in [-0.05, 0) is 50.7 Å². The van der Waals surface area contributed by atoms with Crippen molar-refractivity contribution in [2.24, 2.45) is 17.8 Å². The van der Waals surface area contributed by atoms with Gasteiger partial charge in [0.05, 0.1) is 11.8 Å². The third-order valence-corrected chi connectivity index (χ3v) is 7.80. The van der Waals surface area contributed by atoms with E-state index in [1.54, 1.807) is 32.1 Å². The maximum Gasteiger partial charge on any atom is 0.233 e. The Morgan fingerprint density at radius 3 is 2.62 bits per heavy atom. The van der Waals surface area contributed by atoms with Crippen molar-refractivity contribution in [2.45, 2.75) is 39.0 Å². The van der Waals surface area contributed by atoms with Crippen molar-refractivity contribution in [3.05, 3.63) is 76.4 Å². The minimum atomic E-state index is -0.641. The van der Waals surface area contributed by atoms with Crippen LogP contribution in [0.4, 0.5) is 0 Å². The number of para-hydroxylation sites is 1. The van der Waals surface area contributed by atoms with Crippen LogP contribution in [0.2, 0.25) is 0 Å². The fourth-order valence-corrected chi connectivity index (χ4v) is 6.26. The summed E-state index contributed by atoms with van der Waals surface area (Å²) in [4.78, 5) is 54.0. The van der Waals surface area contributed by atoms with E-state index in [1.165, 1.54) is 11.0 Å². The molecule has 1 saturated heterocycles. The molecular weight excluding hydrogens is 430 g/mol. The number of hydrogen-bond donors (Lipinski definition) is 1. The number of nitrogens with zero attached hydrogens (tertiary/aromatic N) is 1. The van der Waals surface area contributed by atoms with Gasteiger partial charge in [-0.15, -0.1) is 6.58 Å². The van der Waals surface area contributed by atoms with Gasteiger partial charge >= 0.3 is 0 Å². The van der Waals surface area contributed by atoms with Crippen LogP contribution in [0.25, 0.3) is 0 Å². The second-order valence-corrected chi connectivity index (χ2v) is 9.50. The number of likely N-dealkylation sites (tertiary alicyclic amines) is 1. The number of amides is 2. The molecule has 1 aromatic rings. The third kappa shape index (κ3) is 3.01. The number of imide groups is 1. The first-order valence-electron chi connectivity index (χ1n) is 11.8. The second-order valence-electron chi connectivity index (χ2n) is 9.50. The van der Waals surface area contributed by atoms with Crippen LogP contribution in [0.5, 0.6) is 5.75 Å². The van der Waals surface area contributed by atoms with Crippen molar-refractivity contribution in [2.75, 3.05) is 6.54 Å². The van der Waals surface area contributed by atoms with Crippen molar-refractivity contribution >= 4 is 23.4 Å². The van der Waals surface area contributed by atoms with Gasteiger partial charge in [0.15, 0.2) is 11.6 Å². The van der Waals surface area contributed by atoms with E-state index in [1.807, 2.05) is 12.1 Å². The summed E-state index contributed by atoms with van der Waals surface area (Å²) in [5.74, 6) is -2.76. The highest BCUT2D eigenvalue weighted by Gasteiger charge is 2.56. The summed E-state index contributed by atoms with van der Waals surface area (Å²) >= 11 is 0. The van der Waals surface area contributed by atoms with Gasteiger partial charge in [0, 0.05) is 34.7 Å². The molecule has 0 spiro atoms. The fraction of sp³-hybridized carbons (Fsp3) is 0.357. The molecule has 4 atom stereocenters. The number of ketones is 2. The van der Waals surface area contributed by atoms with Crippen molar-refractivity contribution in [3.63, 3.8) is 0 Å². The van der Waals surface area contributed by atoms with E-state index in [0.717, 1.165) is 5.57 Å². The van der Waals surface area contributed by atoms with Crippen molar-refractivity contribution in [3.8, 4) is 5.75 Å². The zero-order chi connectivity index (χ0) is 24.3. The molecule has 0 aromatic heterocycles. The predicted molar refractivity (Wildman–Crippen MR) is 126 cm³/mol. The normalized spacial score (nSPS) is 28.4. The van der Waals surface area contributed by atoms with Crippen LogP contribution in [0.3, 0.4) is 0 Å². The van der Waals surface area contributed by atoms with Gasteiger partial charge in [-0.25, -0.2) is 0 Å². The first-order valence-corrected chi connectivity index (χ1v) is 11.8. The molecule has 0 unspecified atom stereocenters. The highest BCUT2D eigenvalue weighted by molar-refractivity contribution is 6.24. The maximum absolute atomic E-state index is 13.4. The lowest BCUT2D eigenvalue weighted by molar-refractivity contribution is -0.139. The molecule has 3 aliphatic carbocycles. The number of phenols is 1. The van der Waals surface area contributed by atoms with E-state index in [0.29, 0.717) is 47.2 Å². The summed E-state index contributed by atoms with van der Waals surface area (Å²) in [5.41, 5.74) is 3.22. The van der Waals surface area contributed by atoms with Gasteiger partial charge in [-0.2, -0.15) is 0 Å². The smallest absolute Gasteiger partial charge is 0.233 e. The Hall–Kier alpha value is -3.54. The maximum atomic E-state index is 13.4. The molecular formula is C28H27NO5. The molecule has 174 valence electrons. The topological polar surface area (TPSA) is 91.8 Å². The summed E-state index contributed by atoms with van der Waals surface area (Å²) in [7, 11) is 0. The monoisotopic (exact) mass is 457 g/mol. The van der Waals surface area contributed by atoms with Crippen molar-refractivity contribution in [1.82, 2.24) is 4.90 Å². The SMILES string of the molecule is C=CCc1cccc([C@H]2C3=CC[C@@H]4C(=O)N(CC)C(=O)[C@@H]4[C@@H]3CC3=C2C(=O)C(C)=CC3=O)c1O. The van der Waals surface area contributed by atoms with Crippen LogP contribution < -0.4 is 0 Å². The summed E-state index contributed by atoms with van der Waals surface area (Å²) < 4.78 is 0. The van der Waals surface area contributed by atoms with Crippen LogP contribution in [-0.2, 0) is 25.6 Å². The average molecular weight is 458 g/mol. The Morgan fingerprint density at radius 2 is 1.91 bits per heavy atom. The second kappa shape index (κ2) is 8.05. The number of Topliss-reactive ketones (excluding diaryl/α,β-unsaturated/α-hetero) is 1. The molecule has 0 bridgehead atoms. The van der Waals surface area contributed by atoms with E-state index < -0.39 is 17.8 Å². The number of allylic oxidation sites excluding steroid dienone is 7. The molecule has 6 heteroatoms. The van der Waals surface area contributed by atoms with Gasteiger partial charge in [0.25, 0.3) is 0 Å². The van der Waals surface area contributed by atoms with Crippen LogP contribution in [0.1, 0.15) is 43.7 Å². The van der Waals surface area contributed by atoms with E-state index in [-0.39, 0.29) is 41.5 Å². The Morgan fingerprint density at radius 1 is 1.15 bits per heavy atom. The molecule has 1 N–H and O–H groups in total. The lowest BCUT2D eigenvalue weighted by Gasteiger charge is -2.42. The lowest BCUT2D eigenvalue weighted by Crippen LogP contribution is -2.39. The number of benzene rings is 1. The Kier molecular flexibility index (Phi) is 5.27. The Bertz CT molecular complexity index is 1260. The Labute approximate surface area is 198 Å². The van der Waals surface area contributed by atoms with E-state index in [4.69, 9.17) is 0 Å². The zero-order valence-corrected chi connectivity index (χ0v) is 19.3. The number of carbonyl (C=O) groups excluding carboxylic acids is 4. The van der Waals surface area contributed by atoms with Crippen LogP contribution >= 0.6 is 0 Å². The highest BCUT2D eigenvalue weighted by Crippen LogP contribution is 2.56. The minimum Gasteiger partial charge on any atom is -0.507 e. The third-order valence-electron chi connectivity index (χ3n) is 7.80. The number of hydrogen-bond acceptors (Lipinski definition) is 5. The number of carbonyl (C=O) groups is 4. The molecule has 4 aliphatic rings. The van der Waals surface area contributed by atoms with Gasteiger partial charge in [-0.3, -0.25) is 24.1 Å². The van der Waals surface area contributed by atoms with Crippen LogP contribution in [0.15, 0.2) is 65.3 Å². The number of phenolic OH excluding ortho intramolecular Hbond substituents is 1. The first kappa shape index (κ1) is 22.3. The van der Waals surface area contributed by atoms with Crippen molar-refractivity contribution in [1.29, 1.82) is 0 Å². The fourth-order valence-electron chi connectivity index (χ4n) is 6.26. The standard InChI is InChI=1S/C28H27NO5/c1-4-7-15-8-6-9-17(26(15)32)22-16-10-11-18-23(28(34)29(5-2)27(18)33)19(16)13-20-21(30)12-14(3)25(31)24(20)22/h4,6,8-10,12,18-19,22-23,32H,1,5,7,11,13H2,2-3H3/t18-,19+,22+,23-/m0/s1. The first-order chi connectivity index (χ1) is 16.3. The molecule has 34 heavy (non-hydrogen) atoms. The molecule has 1 fully saturated rings. The molecule has 0 radical (unpaired) electrons. The summed E-state index contributed by atoms with van der Waals surface area (Å²) in [5, 5.41) is 11.2. The molecule has 0 saturated carbocycles. The molecule has 6 nitrogen and oxygen atoms in total. The predicted octanol–water partition coefficient (Wildman–Crippen LogP) is 3.57. The quantitative estimate of drug-likeness (QED) is 0.424. The highest BCUT2D eigenvalue weighted by atomic mass is 16.3. The molecule has 5 rings (SSSR count). The van der Waals surface area contributed by atoms with Gasteiger partial charge in [-0.1, -0.05) is 35.9 Å². The molecule has 1 aliphatic heterocycles. The number of aromatic hydroxyl groups is 1. The zero-order valence-electron chi connectivity index (χ0n) is 19.3. The van der Waals surface area contributed by atoms with Gasteiger partial charge in [0.2, 0.25) is 11.8 Å². The molecule has 1 aromatic carbocycles. The number of rotatable bonds is 4. The molecule has 2 amide bonds. The van der Waals surface area contributed by atoms with E-state index in [9.17, 15) is 24.3 Å². The summed E-state index contributed by atoms with van der Waals surface area (Å²) in [6, 6.07) is 5.40. The van der Waals surface area contributed by atoms with Gasteiger partial charge in [0.1, 0.15) is 5.75 Å². The average Bonchev–Trinajstić information content (AvgIpc) is 3.07. The summed E-state index contributed by atoms with van der Waals surface area (Å²) in [6.45, 7) is 7.48. The van der Waals surface area contributed by atoms with Gasteiger partial charge < -0.3 is 5.11 Å². The number of fused-ring (bicyclic) bond motifs is 3. The minimum absolute atomic E-state index is 0.0689. The van der Waals surface area contributed by atoms with Crippen LogP contribution in [-0.4, -0.2) is 39.9 Å².